The first kappa shape index (κ1) is 14.6. The minimum Gasteiger partial charge on any atom is -0.378 e. The van der Waals surface area contributed by atoms with Crippen LogP contribution in [0.5, 0.6) is 0 Å². The Hall–Kier alpha value is -2.30. The fraction of sp³-hybridized carbons (Fsp3) is 0.412. The van der Waals surface area contributed by atoms with E-state index in [2.05, 4.69) is 49.4 Å². The van der Waals surface area contributed by atoms with Gasteiger partial charge in [-0.3, -0.25) is 0 Å². The monoisotopic (exact) mass is 297 g/mol. The summed E-state index contributed by atoms with van der Waals surface area (Å²) in [6.07, 6.45) is 5.46. The van der Waals surface area contributed by atoms with Crippen molar-refractivity contribution in [1.82, 2.24) is 9.97 Å². The highest BCUT2D eigenvalue weighted by molar-refractivity contribution is 5.62. The largest absolute Gasteiger partial charge is 0.378 e. The minimum absolute atomic E-state index is 0.841. The molecule has 0 spiro atoms. The maximum Gasteiger partial charge on any atom is 0.135 e. The first-order chi connectivity index (χ1) is 10.7. The predicted octanol–water partition coefficient (Wildman–Crippen LogP) is 3.28. The lowest BCUT2D eigenvalue weighted by atomic mass is 10.1. The van der Waals surface area contributed by atoms with Crippen LogP contribution in [-0.4, -0.2) is 37.2 Å². The number of hydrogen-bond acceptors (Lipinski definition) is 5. The zero-order valence-electron chi connectivity index (χ0n) is 13.3. The topological polar surface area (TPSA) is 44.3 Å². The Morgan fingerprint density at radius 2 is 1.73 bits per heavy atom. The van der Waals surface area contributed by atoms with Crippen LogP contribution in [0.3, 0.4) is 0 Å². The lowest BCUT2D eigenvalue weighted by Gasteiger charge is -2.27. The molecule has 0 amide bonds. The molecule has 5 nitrogen and oxygen atoms in total. The molecule has 2 aromatic rings. The Balaban J connectivity index is 1.72. The molecule has 1 aromatic heterocycles. The van der Waals surface area contributed by atoms with Crippen molar-refractivity contribution in [1.29, 1.82) is 0 Å². The number of benzene rings is 1. The molecule has 1 N–H and O–H groups in total. The van der Waals surface area contributed by atoms with E-state index in [0.717, 1.165) is 30.4 Å². The van der Waals surface area contributed by atoms with Crippen molar-refractivity contribution in [2.75, 3.05) is 42.3 Å². The van der Waals surface area contributed by atoms with Gasteiger partial charge in [-0.25, -0.2) is 9.97 Å². The van der Waals surface area contributed by atoms with E-state index in [0.29, 0.717) is 0 Å². The van der Waals surface area contributed by atoms with E-state index in [9.17, 15) is 0 Å². The van der Waals surface area contributed by atoms with Crippen LogP contribution < -0.4 is 15.1 Å². The fourth-order valence-corrected chi connectivity index (χ4v) is 2.70. The van der Waals surface area contributed by atoms with Crippen LogP contribution in [0.2, 0.25) is 0 Å². The summed E-state index contributed by atoms with van der Waals surface area (Å²) in [4.78, 5) is 13.2. The molecule has 0 unspecified atom stereocenters. The van der Waals surface area contributed by atoms with Crippen LogP contribution in [0, 0.1) is 0 Å². The molecule has 1 fully saturated rings. The maximum atomic E-state index is 4.41. The van der Waals surface area contributed by atoms with Gasteiger partial charge >= 0.3 is 0 Å². The van der Waals surface area contributed by atoms with Crippen molar-refractivity contribution in [2.45, 2.75) is 19.3 Å². The van der Waals surface area contributed by atoms with Crippen molar-refractivity contribution >= 4 is 23.0 Å². The summed E-state index contributed by atoms with van der Waals surface area (Å²) in [5.74, 6) is 1.86. The van der Waals surface area contributed by atoms with Gasteiger partial charge in [0.2, 0.25) is 0 Å². The molecule has 1 saturated heterocycles. The van der Waals surface area contributed by atoms with Crippen LogP contribution in [0.15, 0.2) is 36.7 Å². The molecule has 1 aromatic carbocycles. The molecule has 22 heavy (non-hydrogen) atoms. The molecular weight excluding hydrogens is 274 g/mol. The number of nitrogens with zero attached hydrogens (tertiary/aromatic N) is 4. The smallest absolute Gasteiger partial charge is 0.135 e. The normalized spacial score (nSPS) is 14.7. The Morgan fingerprint density at radius 1 is 1.00 bits per heavy atom. The third-order valence-corrected chi connectivity index (χ3v) is 3.99. The third kappa shape index (κ3) is 3.47. The second kappa shape index (κ2) is 6.64. The van der Waals surface area contributed by atoms with Crippen molar-refractivity contribution in [3.8, 4) is 0 Å². The molecule has 0 saturated carbocycles. The molecule has 3 rings (SSSR count). The van der Waals surface area contributed by atoms with Crippen molar-refractivity contribution in [3.05, 3.63) is 36.7 Å². The third-order valence-electron chi connectivity index (χ3n) is 3.99. The zero-order chi connectivity index (χ0) is 15.4. The summed E-state index contributed by atoms with van der Waals surface area (Å²) >= 11 is 0. The molecule has 1 aliphatic rings. The van der Waals surface area contributed by atoms with Crippen LogP contribution in [-0.2, 0) is 0 Å². The fourth-order valence-electron chi connectivity index (χ4n) is 2.70. The number of aromatic nitrogens is 2. The second-order valence-electron chi connectivity index (χ2n) is 5.88. The first-order valence-corrected chi connectivity index (χ1v) is 7.84. The van der Waals surface area contributed by atoms with E-state index in [1.807, 2.05) is 20.2 Å². The van der Waals surface area contributed by atoms with Gasteiger partial charge in [-0.05, 0) is 43.5 Å². The highest BCUT2D eigenvalue weighted by Crippen LogP contribution is 2.22. The molecular formula is C17H23N5. The number of hydrogen-bond donors (Lipinski definition) is 1. The molecule has 0 bridgehead atoms. The summed E-state index contributed by atoms with van der Waals surface area (Å²) in [5.41, 5.74) is 2.22. The summed E-state index contributed by atoms with van der Waals surface area (Å²) in [6.45, 7) is 2.18. The maximum absolute atomic E-state index is 4.41. The zero-order valence-corrected chi connectivity index (χ0v) is 13.3. The number of rotatable bonds is 4. The average Bonchev–Trinajstić information content (AvgIpc) is 2.56. The molecule has 116 valence electrons. The van der Waals surface area contributed by atoms with Gasteiger partial charge in [0.1, 0.15) is 18.0 Å². The molecule has 2 heterocycles. The summed E-state index contributed by atoms with van der Waals surface area (Å²) in [6, 6.07) is 10.4. The van der Waals surface area contributed by atoms with Crippen molar-refractivity contribution in [3.63, 3.8) is 0 Å². The van der Waals surface area contributed by atoms with Crippen LogP contribution >= 0.6 is 0 Å². The molecule has 0 aliphatic carbocycles. The van der Waals surface area contributed by atoms with E-state index in [1.54, 1.807) is 6.33 Å². The first-order valence-electron chi connectivity index (χ1n) is 7.84. The van der Waals surface area contributed by atoms with Gasteiger partial charge in [0, 0.05) is 44.6 Å². The molecule has 5 heteroatoms. The van der Waals surface area contributed by atoms with Gasteiger partial charge in [0.05, 0.1) is 0 Å². The number of nitrogens with one attached hydrogen (secondary N) is 1. The number of piperidine rings is 1. The lowest BCUT2D eigenvalue weighted by Crippen LogP contribution is -2.30. The van der Waals surface area contributed by atoms with Crippen molar-refractivity contribution in [2.24, 2.45) is 0 Å². The Kier molecular flexibility index (Phi) is 4.42. The summed E-state index contributed by atoms with van der Waals surface area (Å²) < 4.78 is 0. The Labute approximate surface area is 132 Å². The van der Waals surface area contributed by atoms with E-state index >= 15 is 0 Å². The van der Waals surface area contributed by atoms with Gasteiger partial charge in [0.25, 0.3) is 0 Å². The van der Waals surface area contributed by atoms with E-state index in [1.165, 1.54) is 24.9 Å². The number of anilines is 4. The van der Waals surface area contributed by atoms with Gasteiger partial charge in [0.15, 0.2) is 0 Å². The standard InChI is InChI=1S/C17H23N5/c1-21(2)15-8-6-14(7-9-15)20-16-12-17(19-13-18-16)22-10-4-3-5-11-22/h6-9,12-13H,3-5,10-11H2,1-2H3,(H,18,19,20). The minimum atomic E-state index is 0.841. The second-order valence-corrected chi connectivity index (χ2v) is 5.88. The van der Waals surface area contributed by atoms with Crippen LogP contribution in [0.25, 0.3) is 0 Å². The summed E-state index contributed by atoms with van der Waals surface area (Å²) in [5, 5.41) is 3.35. The van der Waals surface area contributed by atoms with Crippen molar-refractivity contribution < 1.29 is 0 Å². The molecule has 0 radical (unpaired) electrons. The predicted molar refractivity (Wildman–Crippen MR) is 92.1 cm³/mol. The van der Waals surface area contributed by atoms with E-state index < -0.39 is 0 Å². The molecule has 1 aliphatic heterocycles. The quantitative estimate of drug-likeness (QED) is 0.938. The van der Waals surface area contributed by atoms with Crippen LogP contribution in [0.4, 0.5) is 23.0 Å². The van der Waals surface area contributed by atoms with Gasteiger partial charge < -0.3 is 15.1 Å². The Morgan fingerprint density at radius 3 is 2.41 bits per heavy atom. The Bertz CT molecular complexity index is 603. The lowest BCUT2D eigenvalue weighted by molar-refractivity contribution is 0.573. The highest BCUT2D eigenvalue weighted by Gasteiger charge is 2.12. The van der Waals surface area contributed by atoms with Crippen LogP contribution in [0.1, 0.15) is 19.3 Å². The SMILES string of the molecule is CN(C)c1ccc(Nc2cc(N3CCCCC3)ncn2)cc1. The summed E-state index contributed by atoms with van der Waals surface area (Å²) in [7, 11) is 4.08. The molecule has 0 atom stereocenters. The van der Waals surface area contributed by atoms with Gasteiger partial charge in [-0.2, -0.15) is 0 Å². The van der Waals surface area contributed by atoms with E-state index in [4.69, 9.17) is 0 Å². The van der Waals surface area contributed by atoms with Gasteiger partial charge in [-0.15, -0.1) is 0 Å². The highest BCUT2D eigenvalue weighted by atomic mass is 15.2. The van der Waals surface area contributed by atoms with E-state index in [-0.39, 0.29) is 0 Å². The average molecular weight is 297 g/mol. The van der Waals surface area contributed by atoms with Gasteiger partial charge in [-0.1, -0.05) is 0 Å².